The van der Waals surface area contributed by atoms with Crippen LogP contribution in [0.15, 0.2) is 54.6 Å². The van der Waals surface area contributed by atoms with Crippen molar-refractivity contribution < 1.29 is 9.90 Å². The van der Waals surface area contributed by atoms with Gasteiger partial charge in [-0.05, 0) is 24.8 Å². The number of carbonyl (C=O) groups excluding carboxylic acids is 1. The quantitative estimate of drug-likeness (QED) is 0.790. The summed E-state index contributed by atoms with van der Waals surface area (Å²) in [6, 6.07) is 17.3. The monoisotopic (exact) mass is 347 g/mol. The molecule has 1 N–H and O–H groups in total. The van der Waals surface area contributed by atoms with Crippen molar-refractivity contribution in [1.29, 1.82) is 0 Å². The van der Waals surface area contributed by atoms with Crippen LogP contribution in [-0.4, -0.2) is 45.6 Å². The fraction of sp³-hybridized carbons (Fsp3) is 0.286. The average Bonchev–Trinajstić information content (AvgIpc) is 2.73. The first-order chi connectivity index (χ1) is 12.8. The number of hydrogen-bond donors (Lipinski definition) is 1. The molecule has 2 aromatic carbocycles. The lowest BCUT2D eigenvalue weighted by atomic mass is 9.98. The summed E-state index contributed by atoms with van der Waals surface area (Å²) in [6.45, 7) is 1.40. The van der Waals surface area contributed by atoms with Crippen LogP contribution < -0.4 is 0 Å². The van der Waals surface area contributed by atoms with Gasteiger partial charge in [-0.25, -0.2) is 9.97 Å². The van der Waals surface area contributed by atoms with Gasteiger partial charge in [0.2, 0.25) is 0 Å². The summed E-state index contributed by atoms with van der Waals surface area (Å²) >= 11 is 0. The maximum atomic E-state index is 13.2. The molecule has 1 aromatic heterocycles. The third kappa shape index (κ3) is 3.18. The van der Waals surface area contributed by atoms with Crippen LogP contribution in [0.5, 0.6) is 0 Å². The number of nitrogens with zero attached hydrogens (tertiary/aromatic N) is 3. The van der Waals surface area contributed by atoms with Crippen molar-refractivity contribution in [1.82, 2.24) is 14.9 Å². The summed E-state index contributed by atoms with van der Waals surface area (Å²) in [6.07, 6.45) is 1.87. The first-order valence-electron chi connectivity index (χ1n) is 8.98. The molecule has 1 aliphatic heterocycles. The fourth-order valence-corrected chi connectivity index (χ4v) is 3.50. The van der Waals surface area contributed by atoms with Crippen LogP contribution in [0.4, 0.5) is 0 Å². The van der Waals surface area contributed by atoms with E-state index in [1.54, 1.807) is 0 Å². The number of aromatic nitrogens is 2. The molecule has 1 unspecified atom stereocenters. The van der Waals surface area contributed by atoms with Gasteiger partial charge in [-0.3, -0.25) is 4.79 Å². The topological polar surface area (TPSA) is 66.3 Å². The average molecular weight is 347 g/mol. The summed E-state index contributed by atoms with van der Waals surface area (Å²) in [5, 5.41) is 10.2. The van der Waals surface area contributed by atoms with Crippen molar-refractivity contribution in [3.05, 3.63) is 60.3 Å². The van der Waals surface area contributed by atoms with Gasteiger partial charge in [-0.15, -0.1) is 0 Å². The highest BCUT2D eigenvalue weighted by molar-refractivity contribution is 6.04. The maximum Gasteiger partial charge on any atom is 0.273 e. The Kier molecular flexibility index (Phi) is 4.63. The van der Waals surface area contributed by atoms with Crippen molar-refractivity contribution in [2.75, 3.05) is 19.7 Å². The van der Waals surface area contributed by atoms with Crippen LogP contribution in [0.1, 0.15) is 23.3 Å². The molecule has 2 heterocycles. The van der Waals surface area contributed by atoms with E-state index >= 15 is 0 Å². The fourth-order valence-electron chi connectivity index (χ4n) is 3.50. The molecule has 26 heavy (non-hydrogen) atoms. The number of benzene rings is 2. The molecule has 0 saturated carbocycles. The third-order valence-electron chi connectivity index (χ3n) is 4.90. The van der Waals surface area contributed by atoms with Gasteiger partial charge in [0.15, 0.2) is 5.82 Å². The summed E-state index contributed by atoms with van der Waals surface area (Å²) in [5.41, 5.74) is 2.09. The maximum absolute atomic E-state index is 13.2. The van der Waals surface area contributed by atoms with E-state index in [2.05, 4.69) is 9.97 Å². The van der Waals surface area contributed by atoms with Gasteiger partial charge in [0, 0.05) is 30.6 Å². The molecule has 1 aliphatic rings. The van der Waals surface area contributed by atoms with E-state index in [0.717, 1.165) is 29.3 Å². The molecule has 0 radical (unpaired) electrons. The number of amides is 1. The third-order valence-corrected chi connectivity index (χ3v) is 4.90. The summed E-state index contributed by atoms with van der Waals surface area (Å²) in [4.78, 5) is 24.3. The van der Waals surface area contributed by atoms with Crippen LogP contribution in [0.25, 0.3) is 22.3 Å². The first-order valence-corrected chi connectivity index (χ1v) is 8.98. The minimum Gasteiger partial charge on any atom is -0.396 e. The molecule has 1 saturated heterocycles. The molecule has 1 atom stereocenters. The Bertz CT molecular complexity index is 927. The van der Waals surface area contributed by atoms with Gasteiger partial charge in [-0.1, -0.05) is 48.5 Å². The smallest absolute Gasteiger partial charge is 0.273 e. The Morgan fingerprint density at radius 3 is 2.65 bits per heavy atom. The Labute approximate surface area is 152 Å². The zero-order chi connectivity index (χ0) is 17.9. The number of aliphatic hydroxyl groups excluding tert-OH is 1. The summed E-state index contributed by atoms with van der Waals surface area (Å²) < 4.78 is 0. The molecular weight excluding hydrogens is 326 g/mol. The highest BCUT2D eigenvalue weighted by Crippen LogP contribution is 2.24. The van der Waals surface area contributed by atoms with E-state index in [1.807, 2.05) is 59.5 Å². The first kappa shape index (κ1) is 16.7. The molecule has 132 valence electrons. The molecule has 5 heteroatoms. The number of fused-ring (bicyclic) bond motifs is 1. The lowest BCUT2D eigenvalue weighted by molar-refractivity contribution is 0.0617. The molecule has 1 amide bonds. The predicted molar refractivity (Wildman–Crippen MR) is 101 cm³/mol. The standard InChI is InChI=1S/C21H21N3O2/c25-14-15-7-6-12-24(13-15)21(26)19-17-10-4-5-11-18(17)22-20(23-19)16-8-2-1-3-9-16/h1-5,8-11,15,25H,6-7,12-14H2. The van der Waals surface area contributed by atoms with Crippen molar-refractivity contribution in [2.24, 2.45) is 5.92 Å². The highest BCUT2D eigenvalue weighted by Gasteiger charge is 2.26. The van der Waals surface area contributed by atoms with Crippen LogP contribution >= 0.6 is 0 Å². The molecule has 0 aliphatic carbocycles. The van der Waals surface area contributed by atoms with Gasteiger partial charge in [0.25, 0.3) is 5.91 Å². The van der Waals surface area contributed by atoms with Crippen LogP contribution in [0, 0.1) is 5.92 Å². The molecule has 1 fully saturated rings. The van der Waals surface area contributed by atoms with Crippen LogP contribution in [0.2, 0.25) is 0 Å². The van der Waals surface area contributed by atoms with E-state index < -0.39 is 0 Å². The number of rotatable bonds is 3. The van der Waals surface area contributed by atoms with Gasteiger partial charge >= 0.3 is 0 Å². The van der Waals surface area contributed by atoms with E-state index in [9.17, 15) is 9.90 Å². The van der Waals surface area contributed by atoms with Gasteiger partial charge in [-0.2, -0.15) is 0 Å². The minimum absolute atomic E-state index is 0.0843. The largest absolute Gasteiger partial charge is 0.396 e. The van der Waals surface area contributed by atoms with Gasteiger partial charge in [0.05, 0.1) is 5.52 Å². The molecule has 4 rings (SSSR count). The molecule has 5 nitrogen and oxygen atoms in total. The zero-order valence-electron chi connectivity index (χ0n) is 14.5. The van der Waals surface area contributed by atoms with Crippen molar-refractivity contribution in [3.8, 4) is 11.4 Å². The number of likely N-dealkylation sites (tertiary alicyclic amines) is 1. The number of carbonyl (C=O) groups is 1. The van der Waals surface area contributed by atoms with Crippen LogP contribution in [-0.2, 0) is 0 Å². The Balaban J connectivity index is 1.79. The van der Waals surface area contributed by atoms with E-state index in [0.29, 0.717) is 24.6 Å². The van der Waals surface area contributed by atoms with Gasteiger partial charge < -0.3 is 10.0 Å². The lowest BCUT2D eigenvalue weighted by Crippen LogP contribution is -2.41. The van der Waals surface area contributed by atoms with Crippen LogP contribution in [0.3, 0.4) is 0 Å². The molecule has 3 aromatic rings. The molecule has 0 spiro atoms. The second-order valence-electron chi connectivity index (χ2n) is 6.72. The van der Waals surface area contributed by atoms with Crippen molar-refractivity contribution in [3.63, 3.8) is 0 Å². The van der Waals surface area contributed by atoms with E-state index in [-0.39, 0.29) is 18.4 Å². The van der Waals surface area contributed by atoms with Crippen molar-refractivity contribution in [2.45, 2.75) is 12.8 Å². The SMILES string of the molecule is O=C(c1nc(-c2ccccc2)nc2ccccc12)N1CCCC(CO)C1. The Morgan fingerprint density at radius 2 is 1.85 bits per heavy atom. The number of hydrogen-bond acceptors (Lipinski definition) is 4. The van der Waals surface area contributed by atoms with E-state index in [4.69, 9.17) is 0 Å². The summed E-state index contributed by atoms with van der Waals surface area (Å²) in [5.74, 6) is 0.622. The Hall–Kier alpha value is -2.79. The van der Waals surface area contributed by atoms with Gasteiger partial charge in [0.1, 0.15) is 5.69 Å². The Morgan fingerprint density at radius 1 is 1.08 bits per heavy atom. The normalized spacial score (nSPS) is 17.4. The lowest BCUT2D eigenvalue weighted by Gasteiger charge is -2.31. The highest BCUT2D eigenvalue weighted by atomic mass is 16.3. The number of para-hydroxylation sites is 1. The predicted octanol–water partition coefficient (Wildman–Crippen LogP) is 3.14. The molecular formula is C21H21N3O2. The summed E-state index contributed by atoms with van der Waals surface area (Å²) in [7, 11) is 0. The number of aliphatic hydroxyl groups is 1. The zero-order valence-corrected chi connectivity index (χ0v) is 14.5. The second kappa shape index (κ2) is 7.22. The van der Waals surface area contributed by atoms with E-state index in [1.165, 1.54) is 0 Å². The minimum atomic E-state index is -0.0843. The second-order valence-corrected chi connectivity index (χ2v) is 6.72. The molecule has 0 bridgehead atoms. The van der Waals surface area contributed by atoms with Crippen molar-refractivity contribution >= 4 is 16.8 Å². The number of piperidine rings is 1.